The second-order valence-corrected chi connectivity index (χ2v) is 6.88. The molecule has 5 heteroatoms. The number of carbonyl (C=O) groups is 1. The standard InChI is InChI=1S/C21H22O5/c1-21(2)9-8-14-10-13(4-7-18(14)26-21)11-17(23)20(24)16-6-5-15(22)12-19(16)25-3/h4-10,12,20,22,24H,11H2,1-3H3. The lowest BCUT2D eigenvalue weighted by Gasteiger charge is -2.28. The minimum Gasteiger partial charge on any atom is -0.508 e. The Morgan fingerprint density at radius 1 is 1.23 bits per heavy atom. The number of benzene rings is 2. The van der Waals surface area contributed by atoms with Gasteiger partial charge in [0, 0.05) is 23.6 Å². The van der Waals surface area contributed by atoms with Crippen molar-refractivity contribution in [1.82, 2.24) is 0 Å². The number of aliphatic hydroxyl groups excluding tert-OH is 1. The molecule has 0 saturated heterocycles. The van der Waals surface area contributed by atoms with Crippen LogP contribution in [-0.2, 0) is 11.2 Å². The van der Waals surface area contributed by atoms with Crippen molar-refractivity contribution >= 4 is 11.9 Å². The number of ether oxygens (including phenoxy) is 2. The maximum absolute atomic E-state index is 12.5. The molecule has 0 amide bonds. The van der Waals surface area contributed by atoms with Crippen molar-refractivity contribution in [2.45, 2.75) is 32.0 Å². The lowest BCUT2D eigenvalue weighted by atomic mass is 9.96. The summed E-state index contributed by atoms with van der Waals surface area (Å²) in [5.41, 5.74) is 1.68. The highest BCUT2D eigenvalue weighted by molar-refractivity contribution is 5.87. The molecule has 3 rings (SSSR count). The van der Waals surface area contributed by atoms with Crippen molar-refractivity contribution in [3.8, 4) is 17.2 Å². The number of phenolic OH excluding ortho intramolecular Hbond substituents is 1. The number of aliphatic hydroxyl groups is 1. The number of Topliss-reactive ketones (excluding diaryl/α,β-unsaturated/α-hetero) is 1. The molecule has 2 N–H and O–H groups in total. The van der Waals surface area contributed by atoms with Gasteiger partial charge in [-0.25, -0.2) is 0 Å². The van der Waals surface area contributed by atoms with Crippen LogP contribution in [0.1, 0.15) is 36.6 Å². The van der Waals surface area contributed by atoms with Gasteiger partial charge in [0.25, 0.3) is 0 Å². The average Bonchev–Trinajstić information content (AvgIpc) is 2.60. The molecule has 1 atom stereocenters. The fourth-order valence-corrected chi connectivity index (χ4v) is 2.94. The molecule has 1 aliphatic rings. The molecule has 0 fully saturated rings. The van der Waals surface area contributed by atoms with Crippen LogP contribution in [0.2, 0.25) is 0 Å². The molecule has 0 radical (unpaired) electrons. The Morgan fingerprint density at radius 2 is 2.00 bits per heavy atom. The summed E-state index contributed by atoms with van der Waals surface area (Å²) in [5.74, 6) is 0.703. The van der Waals surface area contributed by atoms with E-state index in [9.17, 15) is 15.0 Å². The van der Waals surface area contributed by atoms with E-state index in [1.54, 1.807) is 0 Å². The van der Waals surface area contributed by atoms with Gasteiger partial charge in [0.2, 0.25) is 0 Å². The normalized spacial score (nSPS) is 15.7. The minimum absolute atomic E-state index is 0.00893. The van der Waals surface area contributed by atoms with Crippen molar-refractivity contribution < 1.29 is 24.5 Å². The molecule has 0 aliphatic carbocycles. The van der Waals surface area contributed by atoms with Gasteiger partial charge in [0.1, 0.15) is 29.0 Å². The quantitative estimate of drug-likeness (QED) is 0.860. The van der Waals surface area contributed by atoms with Crippen molar-refractivity contribution in [3.63, 3.8) is 0 Å². The molecule has 26 heavy (non-hydrogen) atoms. The summed E-state index contributed by atoms with van der Waals surface area (Å²) < 4.78 is 11.0. The van der Waals surface area contributed by atoms with Gasteiger partial charge in [-0.1, -0.05) is 12.1 Å². The fraction of sp³-hybridized carbons (Fsp3) is 0.286. The summed E-state index contributed by atoms with van der Waals surface area (Å²) >= 11 is 0. The summed E-state index contributed by atoms with van der Waals surface area (Å²) in [6.07, 6.45) is 2.70. The van der Waals surface area contributed by atoms with Gasteiger partial charge < -0.3 is 19.7 Å². The van der Waals surface area contributed by atoms with E-state index >= 15 is 0 Å². The van der Waals surface area contributed by atoms with Crippen molar-refractivity contribution in [2.75, 3.05) is 7.11 Å². The summed E-state index contributed by atoms with van der Waals surface area (Å²) in [7, 11) is 1.42. The molecule has 136 valence electrons. The summed E-state index contributed by atoms with van der Waals surface area (Å²) in [4.78, 5) is 12.5. The molecule has 2 aromatic rings. The zero-order valence-corrected chi connectivity index (χ0v) is 15.0. The molecular weight excluding hydrogens is 332 g/mol. The topological polar surface area (TPSA) is 76.0 Å². The van der Waals surface area contributed by atoms with E-state index in [1.165, 1.54) is 25.3 Å². The number of phenols is 1. The number of methoxy groups -OCH3 is 1. The van der Waals surface area contributed by atoms with Crippen molar-refractivity contribution in [2.24, 2.45) is 0 Å². The van der Waals surface area contributed by atoms with E-state index in [-0.39, 0.29) is 29.3 Å². The van der Waals surface area contributed by atoms with E-state index < -0.39 is 6.10 Å². The fourth-order valence-electron chi connectivity index (χ4n) is 2.94. The van der Waals surface area contributed by atoms with E-state index in [2.05, 4.69) is 0 Å². The van der Waals surface area contributed by atoms with Crippen LogP contribution in [0.3, 0.4) is 0 Å². The highest BCUT2D eigenvalue weighted by Gasteiger charge is 2.24. The van der Waals surface area contributed by atoms with Crippen molar-refractivity contribution in [3.05, 3.63) is 59.2 Å². The number of ketones is 1. The van der Waals surface area contributed by atoms with Crippen LogP contribution in [0.4, 0.5) is 0 Å². The molecule has 0 aromatic heterocycles. The van der Waals surface area contributed by atoms with Crippen LogP contribution in [0, 0.1) is 0 Å². The number of hydrogen-bond acceptors (Lipinski definition) is 5. The third kappa shape index (κ3) is 3.73. The van der Waals surface area contributed by atoms with E-state index in [0.29, 0.717) is 5.56 Å². The summed E-state index contributed by atoms with van der Waals surface area (Å²) in [5, 5.41) is 19.9. The third-order valence-corrected chi connectivity index (χ3v) is 4.31. The van der Waals surface area contributed by atoms with Gasteiger partial charge >= 0.3 is 0 Å². The molecular formula is C21H22O5. The van der Waals surface area contributed by atoms with Gasteiger partial charge in [-0.2, -0.15) is 0 Å². The molecule has 1 aliphatic heterocycles. The summed E-state index contributed by atoms with van der Waals surface area (Å²) in [6, 6.07) is 9.83. The average molecular weight is 354 g/mol. The number of hydrogen-bond donors (Lipinski definition) is 2. The van der Waals surface area contributed by atoms with Crippen molar-refractivity contribution in [1.29, 1.82) is 0 Å². The molecule has 0 spiro atoms. The Labute approximate surface area is 152 Å². The van der Waals surface area contributed by atoms with Gasteiger partial charge in [0.15, 0.2) is 5.78 Å². The number of rotatable bonds is 5. The largest absolute Gasteiger partial charge is 0.508 e. The second kappa shape index (κ2) is 6.84. The zero-order chi connectivity index (χ0) is 18.9. The smallest absolute Gasteiger partial charge is 0.170 e. The lowest BCUT2D eigenvalue weighted by molar-refractivity contribution is -0.126. The first-order valence-corrected chi connectivity index (χ1v) is 8.38. The monoisotopic (exact) mass is 354 g/mol. The van der Waals surface area contributed by atoms with Gasteiger partial charge in [-0.3, -0.25) is 4.79 Å². The Balaban J connectivity index is 1.78. The molecule has 0 saturated carbocycles. The van der Waals surface area contributed by atoms with Crippen LogP contribution in [-0.4, -0.2) is 28.7 Å². The first-order chi connectivity index (χ1) is 12.3. The Morgan fingerprint density at radius 3 is 2.73 bits per heavy atom. The van der Waals surface area contributed by atoms with E-state index in [4.69, 9.17) is 9.47 Å². The van der Waals surface area contributed by atoms with Crippen LogP contribution >= 0.6 is 0 Å². The molecule has 0 bridgehead atoms. The Kier molecular flexibility index (Phi) is 4.74. The van der Waals surface area contributed by atoms with Gasteiger partial charge in [0.05, 0.1) is 7.11 Å². The van der Waals surface area contributed by atoms with Crippen LogP contribution in [0.25, 0.3) is 6.08 Å². The molecule has 5 nitrogen and oxygen atoms in total. The SMILES string of the molecule is COc1cc(O)ccc1C(O)C(=O)Cc1ccc2c(c1)C=CC(C)(C)O2. The van der Waals surface area contributed by atoms with E-state index in [0.717, 1.165) is 16.9 Å². The van der Waals surface area contributed by atoms with Gasteiger partial charge in [-0.05, 0) is 49.8 Å². The molecule has 1 unspecified atom stereocenters. The molecule has 1 heterocycles. The maximum Gasteiger partial charge on any atom is 0.170 e. The Hall–Kier alpha value is -2.79. The number of aromatic hydroxyl groups is 1. The van der Waals surface area contributed by atoms with Crippen LogP contribution in [0.15, 0.2) is 42.5 Å². The maximum atomic E-state index is 12.5. The van der Waals surface area contributed by atoms with E-state index in [1.807, 2.05) is 44.2 Å². The molecule has 2 aromatic carbocycles. The van der Waals surface area contributed by atoms with Crippen LogP contribution < -0.4 is 9.47 Å². The third-order valence-electron chi connectivity index (χ3n) is 4.31. The van der Waals surface area contributed by atoms with Crippen LogP contribution in [0.5, 0.6) is 17.2 Å². The lowest BCUT2D eigenvalue weighted by Crippen LogP contribution is -2.27. The van der Waals surface area contributed by atoms with Gasteiger partial charge in [-0.15, -0.1) is 0 Å². The number of fused-ring (bicyclic) bond motifs is 1. The first kappa shape index (κ1) is 18.0. The predicted octanol–water partition coefficient (Wildman–Crippen LogP) is 3.43. The highest BCUT2D eigenvalue weighted by Crippen LogP contribution is 2.33. The highest BCUT2D eigenvalue weighted by atomic mass is 16.5. The predicted molar refractivity (Wildman–Crippen MR) is 98.5 cm³/mol. The zero-order valence-electron chi connectivity index (χ0n) is 15.0. The second-order valence-electron chi connectivity index (χ2n) is 6.88. The Bertz CT molecular complexity index is 867. The number of carbonyl (C=O) groups excluding carboxylic acids is 1. The summed E-state index contributed by atoms with van der Waals surface area (Å²) in [6.45, 7) is 3.95. The first-order valence-electron chi connectivity index (χ1n) is 8.38. The minimum atomic E-state index is -1.33.